The number of azide groups is 1. The van der Waals surface area contributed by atoms with E-state index in [0.717, 1.165) is 11.1 Å². The van der Waals surface area contributed by atoms with Gasteiger partial charge in [0.15, 0.2) is 11.6 Å². The van der Waals surface area contributed by atoms with Gasteiger partial charge in [-0.25, -0.2) is 10.4 Å². The molecule has 0 bridgehead atoms. The Bertz CT molecular complexity index is 1680. The second kappa shape index (κ2) is 15.2. The SMILES string of the molecule is [N-]=[N+]=Nc1ccccc1C[C@]1(C(=O)NNCCc2ccccc2Cl)N=C(c2ccc(OCCCO)cc2)O[C@H]1c1ccccc1. The molecule has 1 aliphatic heterocycles. The molecule has 45 heavy (non-hydrogen) atoms. The summed E-state index contributed by atoms with van der Waals surface area (Å²) in [6, 6.07) is 31.4. The van der Waals surface area contributed by atoms with Gasteiger partial charge in [0.05, 0.1) is 6.61 Å². The third-order valence-corrected chi connectivity index (χ3v) is 7.78. The summed E-state index contributed by atoms with van der Waals surface area (Å²) in [5, 5.41) is 13.6. The molecular formula is C34H33ClN6O4. The first-order valence-electron chi connectivity index (χ1n) is 14.6. The van der Waals surface area contributed by atoms with Crippen LogP contribution in [0.15, 0.2) is 113 Å². The highest BCUT2D eigenvalue weighted by molar-refractivity contribution is 6.31. The van der Waals surface area contributed by atoms with Crippen LogP contribution in [0.1, 0.15) is 34.8 Å². The van der Waals surface area contributed by atoms with Gasteiger partial charge >= 0.3 is 0 Å². The van der Waals surface area contributed by atoms with Crippen molar-refractivity contribution in [2.45, 2.75) is 30.9 Å². The van der Waals surface area contributed by atoms with Crippen molar-refractivity contribution in [3.63, 3.8) is 0 Å². The van der Waals surface area contributed by atoms with Gasteiger partial charge in [-0.3, -0.25) is 10.2 Å². The minimum absolute atomic E-state index is 0.0470. The third-order valence-electron chi connectivity index (χ3n) is 7.42. The Morgan fingerprint density at radius 1 is 1.00 bits per heavy atom. The fourth-order valence-electron chi connectivity index (χ4n) is 5.16. The summed E-state index contributed by atoms with van der Waals surface area (Å²) < 4.78 is 12.2. The van der Waals surface area contributed by atoms with E-state index in [-0.39, 0.29) is 13.0 Å². The quantitative estimate of drug-likeness (QED) is 0.0489. The zero-order valence-electron chi connectivity index (χ0n) is 24.5. The largest absolute Gasteiger partial charge is 0.494 e. The van der Waals surface area contributed by atoms with Gasteiger partial charge in [0, 0.05) is 47.2 Å². The molecule has 11 heteroatoms. The molecule has 0 fully saturated rings. The van der Waals surface area contributed by atoms with E-state index in [1.54, 1.807) is 24.3 Å². The van der Waals surface area contributed by atoms with Crippen molar-refractivity contribution in [2.24, 2.45) is 10.1 Å². The number of rotatable bonds is 14. The second-order valence-electron chi connectivity index (χ2n) is 10.4. The summed E-state index contributed by atoms with van der Waals surface area (Å²) in [5.41, 5.74) is 17.1. The molecule has 5 rings (SSSR count). The van der Waals surface area contributed by atoms with Crippen LogP contribution in [0.25, 0.3) is 10.4 Å². The summed E-state index contributed by atoms with van der Waals surface area (Å²) in [5.74, 6) is 0.517. The molecule has 4 aromatic rings. The summed E-state index contributed by atoms with van der Waals surface area (Å²) in [7, 11) is 0. The van der Waals surface area contributed by atoms with E-state index in [1.165, 1.54) is 0 Å². The zero-order chi connectivity index (χ0) is 31.5. The van der Waals surface area contributed by atoms with E-state index < -0.39 is 17.6 Å². The Labute approximate surface area is 266 Å². The number of halogens is 1. The summed E-state index contributed by atoms with van der Waals surface area (Å²) in [4.78, 5) is 22.4. The maximum atomic E-state index is 14.3. The first kappa shape index (κ1) is 31.6. The number of ether oxygens (including phenoxy) is 2. The van der Waals surface area contributed by atoms with Crippen molar-refractivity contribution in [2.75, 3.05) is 19.8 Å². The number of nitrogens with one attached hydrogen (secondary N) is 2. The number of hydrazine groups is 1. The number of aliphatic imine (C=N–C) groups is 1. The molecule has 0 unspecified atom stereocenters. The smallest absolute Gasteiger partial charge is 0.266 e. The van der Waals surface area contributed by atoms with Gasteiger partial charge in [-0.15, -0.1) is 0 Å². The molecule has 230 valence electrons. The molecule has 0 spiro atoms. The molecule has 0 radical (unpaired) electrons. The van der Waals surface area contributed by atoms with Crippen LogP contribution in [0.5, 0.6) is 5.75 Å². The van der Waals surface area contributed by atoms with E-state index in [9.17, 15) is 10.3 Å². The van der Waals surface area contributed by atoms with Crippen LogP contribution in [0.4, 0.5) is 5.69 Å². The summed E-state index contributed by atoms with van der Waals surface area (Å²) >= 11 is 6.32. The number of amides is 1. The van der Waals surface area contributed by atoms with Crippen molar-refractivity contribution in [1.82, 2.24) is 10.9 Å². The molecule has 10 nitrogen and oxygen atoms in total. The van der Waals surface area contributed by atoms with E-state index in [4.69, 9.17) is 31.2 Å². The standard InChI is InChI=1S/C34H33ClN6O4/c35-29-13-6-4-9-24(29)19-20-37-40-33(43)34(23-27-12-5-7-14-30(27)39-41-36)31(25-10-2-1-3-11-25)45-32(38-34)26-15-17-28(18-16-26)44-22-8-21-42/h1-7,9-18,31,37,42H,8,19-23H2,(H,40,43)/t31-,34-/m0/s1. The van der Waals surface area contributed by atoms with Gasteiger partial charge < -0.3 is 14.6 Å². The van der Waals surface area contributed by atoms with Crippen LogP contribution in [-0.2, 0) is 22.4 Å². The number of hydrogen-bond donors (Lipinski definition) is 3. The van der Waals surface area contributed by atoms with Gasteiger partial charge in [-0.1, -0.05) is 89.5 Å². The second-order valence-corrected chi connectivity index (χ2v) is 10.8. The van der Waals surface area contributed by atoms with Gasteiger partial charge in [-0.05, 0) is 59.0 Å². The number of aliphatic hydroxyl groups excluding tert-OH is 1. The average Bonchev–Trinajstić information content (AvgIpc) is 3.46. The number of nitrogens with zero attached hydrogens (tertiary/aromatic N) is 4. The van der Waals surface area contributed by atoms with Crippen LogP contribution < -0.4 is 15.6 Å². The highest BCUT2D eigenvalue weighted by Crippen LogP contribution is 2.43. The third kappa shape index (κ3) is 7.63. The normalized spacial score (nSPS) is 17.1. The molecule has 1 amide bonds. The minimum atomic E-state index is -1.48. The predicted octanol–water partition coefficient (Wildman–Crippen LogP) is 6.41. The fourth-order valence-corrected chi connectivity index (χ4v) is 5.39. The molecular weight excluding hydrogens is 592 g/mol. The Morgan fingerprint density at radius 3 is 2.44 bits per heavy atom. The number of carbonyl (C=O) groups is 1. The maximum Gasteiger partial charge on any atom is 0.266 e. The van der Waals surface area contributed by atoms with Crippen molar-refractivity contribution in [1.29, 1.82) is 0 Å². The Morgan fingerprint density at radius 2 is 1.71 bits per heavy atom. The van der Waals surface area contributed by atoms with Crippen molar-refractivity contribution in [3.05, 3.63) is 141 Å². The highest BCUT2D eigenvalue weighted by Gasteiger charge is 2.53. The minimum Gasteiger partial charge on any atom is -0.494 e. The number of benzene rings is 4. The van der Waals surface area contributed by atoms with E-state index in [1.807, 2.05) is 78.9 Å². The van der Waals surface area contributed by atoms with Gasteiger partial charge in [0.2, 0.25) is 5.90 Å². The van der Waals surface area contributed by atoms with Crippen molar-refractivity contribution < 1.29 is 19.4 Å². The van der Waals surface area contributed by atoms with Crippen LogP contribution in [-0.4, -0.2) is 42.2 Å². The summed E-state index contributed by atoms with van der Waals surface area (Å²) in [6.07, 6.45) is 0.397. The first-order valence-corrected chi connectivity index (χ1v) is 15.0. The van der Waals surface area contributed by atoms with Crippen molar-refractivity contribution in [3.8, 4) is 5.75 Å². The molecule has 3 N–H and O–H groups in total. The van der Waals surface area contributed by atoms with Gasteiger partial charge in [-0.2, -0.15) is 0 Å². The van der Waals surface area contributed by atoms with Crippen LogP contribution in [0, 0.1) is 0 Å². The molecule has 0 aromatic heterocycles. The fraction of sp³-hybridized carbons (Fsp3) is 0.235. The topological polar surface area (TPSA) is 141 Å². The van der Waals surface area contributed by atoms with Gasteiger partial charge in [0.25, 0.3) is 5.91 Å². The van der Waals surface area contributed by atoms with E-state index in [0.29, 0.717) is 59.5 Å². The molecule has 0 saturated carbocycles. The van der Waals surface area contributed by atoms with E-state index >= 15 is 0 Å². The number of aliphatic hydroxyl groups is 1. The van der Waals surface area contributed by atoms with Crippen LogP contribution in [0.2, 0.25) is 5.02 Å². The zero-order valence-corrected chi connectivity index (χ0v) is 25.2. The Kier molecular flexibility index (Phi) is 10.7. The number of hydrogen-bond acceptors (Lipinski definition) is 7. The molecule has 0 aliphatic carbocycles. The van der Waals surface area contributed by atoms with Crippen molar-refractivity contribution >= 4 is 29.1 Å². The first-order chi connectivity index (χ1) is 22.0. The van der Waals surface area contributed by atoms with E-state index in [2.05, 4.69) is 20.9 Å². The Hall–Kier alpha value is -4.86. The van der Waals surface area contributed by atoms with Crippen LogP contribution in [0.3, 0.4) is 0 Å². The molecule has 1 heterocycles. The monoisotopic (exact) mass is 624 g/mol. The number of carbonyl (C=O) groups excluding carboxylic acids is 1. The Balaban J connectivity index is 1.50. The van der Waals surface area contributed by atoms with Crippen LogP contribution >= 0.6 is 11.6 Å². The molecule has 1 aliphatic rings. The maximum absolute atomic E-state index is 14.3. The lowest BCUT2D eigenvalue weighted by atomic mass is 9.81. The highest BCUT2D eigenvalue weighted by atomic mass is 35.5. The average molecular weight is 625 g/mol. The molecule has 0 saturated heterocycles. The molecule has 2 atom stereocenters. The lowest BCUT2D eigenvalue weighted by molar-refractivity contribution is -0.130. The van der Waals surface area contributed by atoms with Gasteiger partial charge in [0.1, 0.15) is 5.75 Å². The summed E-state index contributed by atoms with van der Waals surface area (Å²) in [6.45, 7) is 0.859. The lowest BCUT2D eigenvalue weighted by Gasteiger charge is -2.31. The predicted molar refractivity (Wildman–Crippen MR) is 173 cm³/mol. The lowest BCUT2D eigenvalue weighted by Crippen LogP contribution is -2.54. The molecule has 4 aromatic carbocycles.